The van der Waals surface area contributed by atoms with E-state index in [0.29, 0.717) is 6.04 Å². The summed E-state index contributed by atoms with van der Waals surface area (Å²) >= 11 is 3.52. The van der Waals surface area contributed by atoms with Crippen molar-refractivity contribution in [2.24, 2.45) is 0 Å². The molecule has 1 nitrogen and oxygen atoms in total. The highest BCUT2D eigenvalue weighted by Crippen LogP contribution is 2.20. The van der Waals surface area contributed by atoms with Crippen molar-refractivity contribution in [1.29, 1.82) is 0 Å². The summed E-state index contributed by atoms with van der Waals surface area (Å²) in [5.74, 6) is 0. The molecular formula is C11H14BrN. The van der Waals surface area contributed by atoms with Crippen LogP contribution in [0.5, 0.6) is 0 Å². The molecule has 0 aromatic heterocycles. The molecule has 13 heavy (non-hydrogen) atoms. The van der Waals surface area contributed by atoms with Crippen molar-refractivity contribution in [2.75, 3.05) is 6.54 Å². The average molecular weight is 240 g/mol. The Labute approximate surface area is 87.7 Å². The first kappa shape index (κ1) is 9.22. The molecule has 0 saturated carbocycles. The maximum Gasteiger partial charge on any atom is 0.0178 e. The Bertz CT molecular complexity index is 309. The highest BCUT2D eigenvalue weighted by molar-refractivity contribution is 9.10. The first-order chi connectivity index (χ1) is 6.25. The summed E-state index contributed by atoms with van der Waals surface area (Å²) < 4.78 is 1.19. The molecule has 1 unspecified atom stereocenters. The van der Waals surface area contributed by atoms with Gasteiger partial charge in [-0.25, -0.2) is 0 Å². The second kappa shape index (κ2) is 3.81. The van der Waals surface area contributed by atoms with Gasteiger partial charge in [0.2, 0.25) is 0 Å². The minimum absolute atomic E-state index is 0.607. The lowest BCUT2D eigenvalue weighted by Crippen LogP contribution is -2.27. The lowest BCUT2D eigenvalue weighted by molar-refractivity contribution is 0.568. The van der Waals surface area contributed by atoms with Crippen LogP contribution in [0.25, 0.3) is 0 Å². The number of hydrogen-bond donors (Lipinski definition) is 1. The summed E-state index contributed by atoms with van der Waals surface area (Å²) in [5.41, 5.74) is 2.99. The van der Waals surface area contributed by atoms with Crippen molar-refractivity contribution >= 4 is 15.9 Å². The van der Waals surface area contributed by atoms with Crippen LogP contribution >= 0.6 is 15.9 Å². The Balaban J connectivity index is 2.35. The molecule has 2 rings (SSSR count). The van der Waals surface area contributed by atoms with E-state index in [-0.39, 0.29) is 0 Å². The first-order valence-electron chi connectivity index (χ1n) is 4.76. The van der Waals surface area contributed by atoms with Crippen molar-refractivity contribution in [2.45, 2.75) is 25.8 Å². The Hall–Kier alpha value is -0.340. The van der Waals surface area contributed by atoms with Gasteiger partial charge in [-0.1, -0.05) is 22.0 Å². The maximum atomic E-state index is 3.52. The number of fused-ring (bicyclic) bond motifs is 1. The van der Waals surface area contributed by atoms with Crippen LogP contribution in [0.1, 0.15) is 18.1 Å². The molecule has 70 valence electrons. The Morgan fingerprint density at radius 2 is 2.23 bits per heavy atom. The van der Waals surface area contributed by atoms with Gasteiger partial charge in [0.25, 0.3) is 0 Å². The van der Waals surface area contributed by atoms with E-state index >= 15 is 0 Å². The highest BCUT2D eigenvalue weighted by atomic mass is 79.9. The molecular weight excluding hydrogens is 226 g/mol. The molecule has 1 aromatic carbocycles. The standard InChI is InChI=1S/C11H14BrN/c1-8-6-10-7-11(12)3-2-9(10)4-5-13-8/h2-3,7-8,13H,4-6H2,1H3. The Morgan fingerprint density at radius 3 is 3.08 bits per heavy atom. The lowest BCUT2D eigenvalue weighted by Gasteiger charge is -2.09. The van der Waals surface area contributed by atoms with E-state index in [0.717, 1.165) is 19.4 Å². The van der Waals surface area contributed by atoms with Crippen LogP contribution in [-0.2, 0) is 12.8 Å². The quantitative estimate of drug-likeness (QED) is 0.734. The third-order valence-corrected chi connectivity index (χ3v) is 3.07. The number of nitrogens with one attached hydrogen (secondary N) is 1. The van der Waals surface area contributed by atoms with E-state index in [1.165, 1.54) is 15.6 Å². The molecule has 0 spiro atoms. The summed E-state index contributed by atoms with van der Waals surface area (Å²) in [6.07, 6.45) is 2.31. The van der Waals surface area contributed by atoms with E-state index in [4.69, 9.17) is 0 Å². The molecule has 0 amide bonds. The molecule has 0 saturated heterocycles. The lowest BCUT2D eigenvalue weighted by atomic mass is 10.0. The monoisotopic (exact) mass is 239 g/mol. The zero-order valence-electron chi connectivity index (χ0n) is 7.81. The molecule has 1 atom stereocenters. The molecule has 1 heterocycles. The number of rotatable bonds is 0. The van der Waals surface area contributed by atoms with E-state index in [2.05, 4.69) is 46.4 Å². The van der Waals surface area contributed by atoms with Gasteiger partial charge in [0.05, 0.1) is 0 Å². The van der Waals surface area contributed by atoms with Crippen LogP contribution in [0.2, 0.25) is 0 Å². The van der Waals surface area contributed by atoms with Crippen molar-refractivity contribution in [3.63, 3.8) is 0 Å². The largest absolute Gasteiger partial charge is 0.314 e. The average Bonchev–Trinajstić information content (AvgIpc) is 2.25. The van der Waals surface area contributed by atoms with Crippen molar-refractivity contribution < 1.29 is 0 Å². The van der Waals surface area contributed by atoms with E-state index < -0.39 is 0 Å². The van der Waals surface area contributed by atoms with Gasteiger partial charge in [0.15, 0.2) is 0 Å². The van der Waals surface area contributed by atoms with Gasteiger partial charge in [-0.3, -0.25) is 0 Å². The van der Waals surface area contributed by atoms with E-state index in [1.54, 1.807) is 0 Å². The van der Waals surface area contributed by atoms with E-state index in [9.17, 15) is 0 Å². The van der Waals surface area contributed by atoms with Crippen LogP contribution in [0, 0.1) is 0 Å². The SMILES string of the molecule is CC1Cc2cc(Br)ccc2CCN1. The number of hydrogen-bond acceptors (Lipinski definition) is 1. The summed E-state index contributed by atoms with van der Waals surface area (Å²) in [6.45, 7) is 3.35. The smallest absolute Gasteiger partial charge is 0.0178 e. The predicted molar refractivity (Wildman–Crippen MR) is 59.0 cm³/mol. The van der Waals surface area contributed by atoms with Gasteiger partial charge in [-0.15, -0.1) is 0 Å². The van der Waals surface area contributed by atoms with Crippen LogP contribution in [0.4, 0.5) is 0 Å². The third-order valence-electron chi connectivity index (χ3n) is 2.58. The molecule has 1 N–H and O–H groups in total. The third kappa shape index (κ3) is 2.12. The molecule has 0 aliphatic carbocycles. The summed E-state index contributed by atoms with van der Waals surface area (Å²) in [4.78, 5) is 0. The molecule has 1 aliphatic rings. The fourth-order valence-electron chi connectivity index (χ4n) is 1.88. The minimum Gasteiger partial charge on any atom is -0.314 e. The number of halogens is 1. The molecule has 0 radical (unpaired) electrons. The topological polar surface area (TPSA) is 12.0 Å². The van der Waals surface area contributed by atoms with Gasteiger partial charge in [-0.05, 0) is 49.6 Å². The zero-order valence-corrected chi connectivity index (χ0v) is 9.39. The normalized spacial score (nSPS) is 22.2. The van der Waals surface area contributed by atoms with Gasteiger partial charge in [0.1, 0.15) is 0 Å². The van der Waals surface area contributed by atoms with Crippen molar-refractivity contribution in [3.05, 3.63) is 33.8 Å². The van der Waals surface area contributed by atoms with Crippen LogP contribution < -0.4 is 5.32 Å². The second-order valence-corrected chi connectivity index (χ2v) is 4.64. The molecule has 0 bridgehead atoms. The summed E-state index contributed by atoms with van der Waals surface area (Å²) in [5, 5.41) is 3.50. The summed E-state index contributed by atoms with van der Waals surface area (Å²) in [7, 11) is 0. The Morgan fingerprint density at radius 1 is 1.38 bits per heavy atom. The minimum atomic E-state index is 0.607. The highest BCUT2D eigenvalue weighted by Gasteiger charge is 2.11. The van der Waals surface area contributed by atoms with Gasteiger partial charge >= 0.3 is 0 Å². The Kier molecular flexibility index (Phi) is 2.70. The van der Waals surface area contributed by atoms with Crippen molar-refractivity contribution in [3.8, 4) is 0 Å². The summed E-state index contributed by atoms with van der Waals surface area (Å²) in [6, 6.07) is 7.22. The fraction of sp³-hybridized carbons (Fsp3) is 0.455. The molecule has 2 heteroatoms. The maximum absolute atomic E-state index is 3.52. The number of benzene rings is 1. The molecule has 1 aromatic rings. The fourth-order valence-corrected chi connectivity index (χ4v) is 2.29. The molecule has 0 fully saturated rings. The van der Waals surface area contributed by atoms with E-state index in [1.807, 2.05) is 0 Å². The second-order valence-electron chi connectivity index (χ2n) is 3.72. The first-order valence-corrected chi connectivity index (χ1v) is 5.55. The van der Waals surface area contributed by atoms with Crippen LogP contribution in [0.15, 0.2) is 22.7 Å². The van der Waals surface area contributed by atoms with Gasteiger partial charge in [0, 0.05) is 10.5 Å². The van der Waals surface area contributed by atoms with Crippen molar-refractivity contribution in [1.82, 2.24) is 5.32 Å². The van der Waals surface area contributed by atoms with Gasteiger partial charge < -0.3 is 5.32 Å². The van der Waals surface area contributed by atoms with Crippen LogP contribution in [-0.4, -0.2) is 12.6 Å². The zero-order chi connectivity index (χ0) is 9.26. The van der Waals surface area contributed by atoms with Gasteiger partial charge in [-0.2, -0.15) is 0 Å². The molecule has 1 aliphatic heterocycles. The predicted octanol–water partition coefficient (Wildman–Crippen LogP) is 2.53. The van der Waals surface area contributed by atoms with Crippen LogP contribution in [0.3, 0.4) is 0 Å².